The molecule has 6 nitrogen and oxygen atoms in total. The number of hydrogen-bond acceptors (Lipinski definition) is 5. The normalized spacial score (nSPS) is 14.6. The molecule has 19 heavy (non-hydrogen) atoms. The summed E-state index contributed by atoms with van der Waals surface area (Å²) in [5.41, 5.74) is 0.229. The van der Waals surface area contributed by atoms with Crippen molar-refractivity contribution >= 4 is 21.4 Å². The third kappa shape index (κ3) is 5.06. The van der Waals surface area contributed by atoms with Gasteiger partial charge in [0, 0.05) is 12.2 Å². The highest BCUT2D eigenvalue weighted by molar-refractivity contribution is 7.91. The molecule has 0 aliphatic rings. The zero-order chi connectivity index (χ0) is 14.8. The summed E-state index contributed by atoms with van der Waals surface area (Å²) in [5.74, 6) is 0. The number of aromatic nitrogens is 1. The van der Waals surface area contributed by atoms with Gasteiger partial charge in [-0.2, -0.15) is 0 Å². The maximum absolute atomic E-state index is 12.0. The SMILES string of the molecule is Cc1[nH]c(=O)sc1S(=O)(=O)NCC(O)CC(C)(C)C. The van der Waals surface area contributed by atoms with Crippen molar-refractivity contribution in [2.24, 2.45) is 5.41 Å². The van der Waals surface area contributed by atoms with Gasteiger partial charge in [0.15, 0.2) is 4.21 Å². The van der Waals surface area contributed by atoms with Crippen LogP contribution in [0.3, 0.4) is 0 Å². The molecular formula is C11H20N2O4S2. The van der Waals surface area contributed by atoms with Crippen LogP contribution in [-0.2, 0) is 10.0 Å². The summed E-state index contributed by atoms with van der Waals surface area (Å²) in [6, 6.07) is 0. The second kappa shape index (κ2) is 5.74. The molecule has 0 bridgehead atoms. The number of rotatable bonds is 5. The van der Waals surface area contributed by atoms with E-state index in [1.807, 2.05) is 20.8 Å². The molecule has 0 aliphatic heterocycles. The van der Waals surface area contributed by atoms with Crippen molar-refractivity contribution in [2.75, 3.05) is 6.54 Å². The Morgan fingerprint density at radius 1 is 1.42 bits per heavy atom. The first-order valence-electron chi connectivity index (χ1n) is 5.89. The minimum Gasteiger partial charge on any atom is -0.392 e. The zero-order valence-electron chi connectivity index (χ0n) is 11.5. The van der Waals surface area contributed by atoms with E-state index in [2.05, 4.69) is 9.71 Å². The zero-order valence-corrected chi connectivity index (χ0v) is 13.1. The number of thiazole rings is 1. The van der Waals surface area contributed by atoms with Crippen LogP contribution in [0.25, 0.3) is 0 Å². The van der Waals surface area contributed by atoms with Crippen LogP contribution in [0.2, 0.25) is 0 Å². The fraction of sp³-hybridized carbons (Fsp3) is 0.727. The van der Waals surface area contributed by atoms with E-state index in [0.29, 0.717) is 23.5 Å². The Hall–Kier alpha value is -0.700. The molecule has 1 rings (SSSR count). The Morgan fingerprint density at radius 3 is 2.42 bits per heavy atom. The predicted octanol–water partition coefficient (Wildman–Crippen LogP) is 0.820. The first kappa shape index (κ1) is 16.4. The molecule has 0 aliphatic carbocycles. The van der Waals surface area contributed by atoms with Gasteiger partial charge in [-0.15, -0.1) is 0 Å². The summed E-state index contributed by atoms with van der Waals surface area (Å²) in [6.45, 7) is 7.36. The van der Waals surface area contributed by atoms with Crippen LogP contribution in [0.15, 0.2) is 9.00 Å². The molecule has 1 aromatic rings. The summed E-state index contributed by atoms with van der Waals surface area (Å²) < 4.78 is 26.2. The van der Waals surface area contributed by atoms with E-state index in [1.54, 1.807) is 0 Å². The van der Waals surface area contributed by atoms with Crippen molar-refractivity contribution in [3.05, 3.63) is 15.4 Å². The summed E-state index contributed by atoms with van der Waals surface area (Å²) in [7, 11) is -3.74. The topological polar surface area (TPSA) is 99.3 Å². The smallest absolute Gasteiger partial charge is 0.305 e. The number of sulfonamides is 1. The van der Waals surface area contributed by atoms with Gasteiger partial charge in [0.1, 0.15) is 0 Å². The molecular weight excluding hydrogens is 288 g/mol. The predicted molar refractivity (Wildman–Crippen MR) is 74.9 cm³/mol. The fourth-order valence-corrected chi connectivity index (χ4v) is 4.11. The van der Waals surface area contributed by atoms with Crippen molar-refractivity contribution in [1.82, 2.24) is 9.71 Å². The summed E-state index contributed by atoms with van der Waals surface area (Å²) in [6.07, 6.45) is -0.275. The molecule has 0 radical (unpaired) electrons. The average molecular weight is 308 g/mol. The first-order chi connectivity index (χ1) is 8.51. The van der Waals surface area contributed by atoms with Crippen molar-refractivity contribution in [3.63, 3.8) is 0 Å². The van der Waals surface area contributed by atoms with E-state index in [0.717, 1.165) is 0 Å². The monoisotopic (exact) mass is 308 g/mol. The molecule has 3 N–H and O–H groups in total. The van der Waals surface area contributed by atoms with Crippen LogP contribution in [0, 0.1) is 12.3 Å². The summed E-state index contributed by atoms with van der Waals surface area (Å²) in [4.78, 5) is 13.1. The molecule has 0 amide bonds. The van der Waals surface area contributed by atoms with Gasteiger partial charge in [-0.05, 0) is 18.8 Å². The molecule has 1 heterocycles. The molecule has 110 valence electrons. The van der Waals surface area contributed by atoms with Crippen LogP contribution in [0.1, 0.15) is 32.9 Å². The second-order valence-electron chi connectivity index (χ2n) is 5.70. The first-order valence-corrected chi connectivity index (χ1v) is 8.19. The Kier molecular flexibility index (Phi) is 4.94. The number of nitrogens with one attached hydrogen (secondary N) is 2. The van der Waals surface area contributed by atoms with Gasteiger partial charge in [-0.1, -0.05) is 32.1 Å². The molecule has 1 aromatic heterocycles. The molecule has 0 fully saturated rings. The van der Waals surface area contributed by atoms with E-state index in [9.17, 15) is 18.3 Å². The standard InChI is InChI=1S/C11H20N2O4S2/c1-7-9(18-10(15)13-7)19(16,17)12-6-8(14)5-11(2,3)4/h8,12,14H,5-6H2,1-4H3,(H,13,15). The third-order valence-electron chi connectivity index (χ3n) is 2.38. The van der Waals surface area contributed by atoms with Gasteiger partial charge in [0.2, 0.25) is 0 Å². The highest BCUT2D eigenvalue weighted by Gasteiger charge is 2.23. The number of aliphatic hydroxyl groups is 1. The lowest BCUT2D eigenvalue weighted by atomic mass is 9.89. The van der Waals surface area contributed by atoms with Crippen LogP contribution in [-0.4, -0.2) is 31.2 Å². The average Bonchev–Trinajstić information content (AvgIpc) is 2.53. The number of aromatic amines is 1. The van der Waals surface area contributed by atoms with Crippen LogP contribution in [0.4, 0.5) is 0 Å². The van der Waals surface area contributed by atoms with Crippen molar-refractivity contribution < 1.29 is 13.5 Å². The van der Waals surface area contributed by atoms with Crippen LogP contribution >= 0.6 is 11.3 Å². The number of hydrogen-bond donors (Lipinski definition) is 3. The van der Waals surface area contributed by atoms with Gasteiger partial charge >= 0.3 is 4.87 Å². The number of H-pyrrole nitrogens is 1. The minimum atomic E-state index is -3.74. The third-order valence-corrected chi connectivity index (χ3v) is 5.41. The summed E-state index contributed by atoms with van der Waals surface area (Å²) >= 11 is 0.643. The van der Waals surface area contributed by atoms with Gasteiger partial charge < -0.3 is 10.1 Å². The van der Waals surface area contributed by atoms with Gasteiger partial charge in [-0.3, -0.25) is 4.79 Å². The van der Waals surface area contributed by atoms with Gasteiger partial charge in [0.05, 0.1) is 6.10 Å². The summed E-state index contributed by atoms with van der Waals surface area (Å²) in [5, 5.41) is 9.78. The molecule has 0 saturated carbocycles. The minimum absolute atomic E-state index is 0.0274. The van der Waals surface area contributed by atoms with E-state index < -0.39 is 21.0 Å². The lowest BCUT2D eigenvalue weighted by Crippen LogP contribution is -2.34. The van der Waals surface area contributed by atoms with Crippen LogP contribution in [0.5, 0.6) is 0 Å². The molecule has 1 unspecified atom stereocenters. The van der Waals surface area contributed by atoms with Crippen molar-refractivity contribution in [1.29, 1.82) is 0 Å². The quantitative estimate of drug-likeness (QED) is 0.750. The highest BCUT2D eigenvalue weighted by Crippen LogP contribution is 2.21. The highest BCUT2D eigenvalue weighted by atomic mass is 32.2. The Bertz CT molecular complexity index is 581. The van der Waals surface area contributed by atoms with Crippen molar-refractivity contribution in [2.45, 2.75) is 44.4 Å². The molecule has 8 heteroatoms. The maximum Gasteiger partial charge on any atom is 0.305 e. The van der Waals surface area contributed by atoms with E-state index in [4.69, 9.17) is 0 Å². The van der Waals surface area contributed by atoms with E-state index in [1.165, 1.54) is 6.92 Å². The fourth-order valence-electron chi connectivity index (χ4n) is 1.70. The lowest BCUT2D eigenvalue weighted by Gasteiger charge is -2.22. The van der Waals surface area contributed by atoms with E-state index in [-0.39, 0.29) is 16.2 Å². The molecule has 0 saturated heterocycles. The maximum atomic E-state index is 12.0. The van der Waals surface area contributed by atoms with Crippen LogP contribution < -0.4 is 9.60 Å². The molecule has 0 spiro atoms. The van der Waals surface area contributed by atoms with Gasteiger partial charge in [-0.25, -0.2) is 13.1 Å². The Labute approximate surface area is 116 Å². The second-order valence-corrected chi connectivity index (χ2v) is 8.64. The van der Waals surface area contributed by atoms with Gasteiger partial charge in [0.25, 0.3) is 10.0 Å². The van der Waals surface area contributed by atoms with Crippen molar-refractivity contribution in [3.8, 4) is 0 Å². The number of aryl methyl sites for hydroxylation is 1. The largest absolute Gasteiger partial charge is 0.392 e. The Morgan fingerprint density at radius 2 is 2.00 bits per heavy atom. The van der Waals surface area contributed by atoms with E-state index >= 15 is 0 Å². The number of aliphatic hydroxyl groups excluding tert-OH is 1. The Balaban J connectivity index is 2.72. The molecule has 0 aromatic carbocycles. The molecule has 1 atom stereocenters. The lowest BCUT2D eigenvalue weighted by molar-refractivity contribution is 0.125.